The van der Waals surface area contributed by atoms with Gasteiger partial charge in [-0.05, 0) is 56.5 Å². The van der Waals surface area contributed by atoms with E-state index in [9.17, 15) is 4.79 Å². The zero-order valence-corrected chi connectivity index (χ0v) is 15.6. The number of benzene rings is 2. The lowest BCUT2D eigenvalue weighted by atomic mass is 9.90. The molecule has 1 heterocycles. The lowest BCUT2D eigenvalue weighted by Crippen LogP contribution is -2.15. The van der Waals surface area contributed by atoms with Crippen LogP contribution in [0.4, 0.5) is 5.69 Å². The number of hydrogen-bond acceptors (Lipinski definition) is 5. The molecule has 0 radical (unpaired) electrons. The molecule has 0 saturated carbocycles. The molecule has 0 unspecified atom stereocenters. The van der Waals surface area contributed by atoms with Gasteiger partial charge in [-0.15, -0.1) is 0 Å². The van der Waals surface area contributed by atoms with Crippen molar-refractivity contribution in [2.45, 2.75) is 27.7 Å². The molecule has 134 valence electrons. The van der Waals surface area contributed by atoms with Crippen molar-refractivity contribution in [2.75, 3.05) is 12.8 Å². The third-order valence-corrected chi connectivity index (χ3v) is 4.77. The monoisotopic (exact) mass is 350 g/mol. The van der Waals surface area contributed by atoms with Gasteiger partial charge in [0, 0.05) is 5.56 Å². The van der Waals surface area contributed by atoms with Crippen molar-refractivity contribution in [1.29, 1.82) is 0 Å². The Bertz CT molecular complexity index is 1060. The number of carbonyl (C=O) groups is 1. The van der Waals surface area contributed by atoms with E-state index >= 15 is 0 Å². The number of rotatable bonds is 3. The van der Waals surface area contributed by atoms with Gasteiger partial charge in [0.25, 0.3) is 5.91 Å². The minimum absolute atomic E-state index is 0.242. The van der Waals surface area contributed by atoms with Gasteiger partial charge in [-0.1, -0.05) is 6.07 Å². The van der Waals surface area contributed by atoms with Gasteiger partial charge in [0.15, 0.2) is 0 Å². The highest BCUT2D eigenvalue weighted by Gasteiger charge is 2.22. The molecular weight excluding hydrogens is 328 g/mol. The number of ether oxygens (including phenoxy) is 1. The molecule has 0 atom stereocenters. The van der Waals surface area contributed by atoms with Crippen molar-refractivity contribution < 1.29 is 9.53 Å². The summed E-state index contributed by atoms with van der Waals surface area (Å²) in [5.41, 5.74) is 18.8. The quantitative estimate of drug-likeness (QED) is 0.706. The zero-order valence-electron chi connectivity index (χ0n) is 15.6. The highest BCUT2D eigenvalue weighted by molar-refractivity contribution is 6.10. The van der Waals surface area contributed by atoms with Gasteiger partial charge in [-0.25, -0.2) is 9.97 Å². The molecule has 0 aliphatic carbocycles. The van der Waals surface area contributed by atoms with Crippen LogP contribution in [0.2, 0.25) is 0 Å². The van der Waals surface area contributed by atoms with Gasteiger partial charge in [0.1, 0.15) is 5.75 Å². The first-order valence-electron chi connectivity index (χ1n) is 8.28. The molecule has 0 fully saturated rings. The number of nitrogen functional groups attached to an aromatic ring is 1. The van der Waals surface area contributed by atoms with Crippen molar-refractivity contribution in [1.82, 2.24) is 9.97 Å². The number of nitrogens with two attached hydrogens (primary N) is 2. The summed E-state index contributed by atoms with van der Waals surface area (Å²) in [6.07, 6.45) is 0. The van der Waals surface area contributed by atoms with Gasteiger partial charge < -0.3 is 16.2 Å². The van der Waals surface area contributed by atoms with Gasteiger partial charge in [0.05, 0.1) is 40.8 Å². The predicted octanol–water partition coefficient (Wildman–Crippen LogP) is 3.22. The van der Waals surface area contributed by atoms with Crippen LogP contribution in [0, 0.1) is 27.7 Å². The standard InChI is InChI=1S/C20H22N4O2/c1-9-6-7-15(26-5)10(2)16(9)17-18(21)13(20(22)25)8-14-19(17)24-12(4)11(3)23-14/h6-8H,21H2,1-5H3,(H2,22,25). The number of hydrogen-bond donors (Lipinski definition) is 2. The first-order chi connectivity index (χ1) is 12.3. The van der Waals surface area contributed by atoms with Crippen LogP contribution in [0.5, 0.6) is 5.75 Å². The maximum atomic E-state index is 12.0. The fourth-order valence-corrected chi connectivity index (χ4v) is 3.27. The van der Waals surface area contributed by atoms with Gasteiger partial charge >= 0.3 is 0 Å². The zero-order chi connectivity index (χ0) is 19.2. The highest BCUT2D eigenvalue weighted by Crippen LogP contribution is 2.41. The van der Waals surface area contributed by atoms with Crippen LogP contribution in [-0.2, 0) is 0 Å². The fourth-order valence-electron chi connectivity index (χ4n) is 3.27. The average molecular weight is 350 g/mol. The summed E-state index contributed by atoms with van der Waals surface area (Å²) in [6, 6.07) is 5.48. The Morgan fingerprint density at radius 2 is 1.69 bits per heavy atom. The molecule has 1 aromatic heterocycles. The maximum absolute atomic E-state index is 12.0. The van der Waals surface area contributed by atoms with Gasteiger partial charge in [0.2, 0.25) is 0 Å². The number of carbonyl (C=O) groups excluding carboxylic acids is 1. The minimum atomic E-state index is -0.594. The summed E-state index contributed by atoms with van der Waals surface area (Å²) in [5.74, 6) is 0.142. The number of aryl methyl sites for hydroxylation is 3. The fraction of sp³-hybridized carbons (Fsp3) is 0.250. The summed E-state index contributed by atoms with van der Waals surface area (Å²) >= 11 is 0. The van der Waals surface area contributed by atoms with Crippen LogP contribution in [0.3, 0.4) is 0 Å². The van der Waals surface area contributed by atoms with Crippen LogP contribution in [0.25, 0.3) is 22.2 Å². The molecule has 2 aromatic carbocycles. The van der Waals surface area contributed by atoms with E-state index in [1.807, 2.05) is 39.8 Å². The third kappa shape index (κ3) is 2.63. The molecule has 0 aliphatic rings. The summed E-state index contributed by atoms with van der Waals surface area (Å²) in [7, 11) is 1.62. The molecule has 3 aromatic rings. The molecule has 3 rings (SSSR count). The maximum Gasteiger partial charge on any atom is 0.250 e. The topological polar surface area (TPSA) is 104 Å². The van der Waals surface area contributed by atoms with Crippen molar-refractivity contribution in [3.05, 3.63) is 46.3 Å². The van der Waals surface area contributed by atoms with E-state index in [4.69, 9.17) is 21.2 Å². The molecule has 0 saturated heterocycles. The van der Waals surface area contributed by atoms with E-state index in [1.165, 1.54) is 0 Å². The van der Waals surface area contributed by atoms with Crippen molar-refractivity contribution in [2.24, 2.45) is 5.73 Å². The molecule has 6 nitrogen and oxygen atoms in total. The Morgan fingerprint density at radius 3 is 2.31 bits per heavy atom. The number of fused-ring (bicyclic) bond motifs is 1. The summed E-state index contributed by atoms with van der Waals surface area (Å²) in [6.45, 7) is 7.72. The van der Waals surface area contributed by atoms with Crippen molar-refractivity contribution >= 4 is 22.6 Å². The minimum Gasteiger partial charge on any atom is -0.496 e. The highest BCUT2D eigenvalue weighted by atomic mass is 16.5. The number of anilines is 1. The molecule has 0 aliphatic heterocycles. The second-order valence-electron chi connectivity index (χ2n) is 6.42. The largest absolute Gasteiger partial charge is 0.496 e. The molecule has 26 heavy (non-hydrogen) atoms. The van der Waals surface area contributed by atoms with Crippen molar-refractivity contribution in [3.8, 4) is 16.9 Å². The Balaban J connectivity index is 2.55. The van der Waals surface area contributed by atoms with Crippen LogP contribution >= 0.6 is 0 Å². The Morgan fingerprint density at radius 1 is 1.04 bits per heavy atom. The second kappa shape index (κ2) is 6.29. The SMILES string of the molecule is COc1ccc(C)c(-c2c(N)c(C(N)=O)cc3nc(C)c(C)nc23)c1C. The lowest BCUT2D eigenvalue weighted by molar-refractivity contribution is 0.100. The van der Waals surface area contributed by atoms with E-state index in [0.29, 0.717) is 22.3 Å². The Labute approximate surface area is 152 Å². The van der Waals surface area contributed by atoms with Crippen LogP contribution in [-0.4, -0.2) is 23.0 Å². The molecule has 0 bridgehead atoms. The number of amides is 1. The predicted molar refractivity (Wildman–Crippen MR) is 103 cm³/mol. The normalized spacial score (nSPS) is 11.0. The van der Waals surface area contributed by atoms with E-state index in [0.717, 1.165) is 33.8 Å². The van der Waals surface area contributed by atoms with Crippen LogP contribution < -0.4 is 16.2 Å². The summed E-state index contributed by atoms with van der Waals surface area (Å²) in [4.78, 5) is 21.3. The first-order valence-corrected chi connectivity index (χ1v) is 8.28. The van der Waals surface area contributed by atoms with Crippen LogP contribution in [0.1, 0.15) is 32.9 Å². The lowest BCUT2D eigenvalue weighted by Gasteiger charge is -2.19. The number of nitrogens with zero attached hydrogens (tertiary/aromatic N) is 2. The molecular formula is C20H22N4O2. The average Bonchev–Trinajstić information content (AvgIpc) is 2.58. The Kier molecular flexibility index (Phi) is 4.28. The smallest absolute Gasteiger partial charge is 0.250 e. The number of aromatic nitrogens is 2. The summed E-state index contributed by atoms with van der Waals surface area (Å²) < 4.78 is 5.47. The molecule has 6 heteroatoms. The Hall–Kier alpha value is -3.15. The van der Waals surface area contributed by atoms with Crippen molar-refractivity contribution in [3.63, 3.8) is 0 Å². The third-order valence-electron chi connectivity index (χ3n) is 4.77. The number of primary amides is 1. The molecule has 4 N–H and O–H groups in total. The second-order valence-corrected chi connectivity index (χ2v) is 6.42. The summed E-state index contributed by atoms with van der Waals surface area (Å²) in [5, 5.41) is 0. The van der Waals surface area contributed by atoms with E-state index in [1.54, 1.807) is 13.2 Å². The molecule has 1 amide bonds. The van der Waals surface area contributed by atoms with Crippen LogP contribution in [0.15, 0.2) is 18.2 Å². The first kappa shape index (κ1) is 17.7. The number of methoxy groups -OCH3 is 1. The van der Waals surface area contributed by atoms with E-state index < -0.39 is 5.91 Å². The van der Waals surface area contributed by atoms with E-state index in [2.05, 4.69) is 4.98 Å². The van der Waals surface area contributed by atoms with Gasteiger partial charge in [-0.3, -0.25) is 4.79 Å². The van der Waals surface area contributed by atoms with E-state index in [-0.39, 0.29) is 5.56 Å². The molecule has 0 spiro atoms. The van der Waals surface area contributed by atoms with Gasteiger partial charge in [-0.2, -0.15) is 0 Å².